The smallest absolute Gasteiger partial charge is 0.123 e. The van der Waals surface area contributed by atoms with Crippen molar-refractivity contribution in [2.24, 2.45) is 0 Å². The van der Waals surface area contributed by atoms with Gasteiger partial charge in [0.1, 0.15) is 11.9 Å². The highest BCUT2D eigenvalue weighted by atomic mass is 35.5. The molecule has 0 aliphatic carbocycles. The van der Waals surface area contributed by atoms with Gasteiger partial charge in [-0.15, -0.1) is 0 Å². The van der Waals surface area contributed by atoms with Crippen LogP contribution in [0.15, 0.2) is 12.1 Å². The van der Waals surface area contributed by atoms with Crippen LogP contribution in [0.4, 0.5) is 0 Å². The molecule has 1 aromatic carbocycles. The average Bonchev–Trinajstić information content (AvgIpc) is 2.27. The molecule has 1 aromatic rings. The molecule has 1 unspecified atom stereocenters. The Hall–Kier alpha value is -0.730. The fraction of sp³-hybridized carbons (Fsp3) is 0.538. The molecule has 1 saturated heterocycles. The average molecular weight is 240 g/mol. The summed E-state index contributed by atoms with van der Waals surface area (Å²) in [4.78, 5) is 0. The van der Waals surface area contributed by atoms with E-state index in [2.05, 4.69) is 5.32 Å². The molecule has 1 atom stereocenters. The summed E-state index contributed by atoms with van der Waals surface area (Å²) >= 11 is 6.06. The monoisotopic (exact) mass is 239 g/mol. The predicted molar refractivity (Wildman–Crippen MR) is 67.4 cm³/mol. The van der Waals surface area contributed by atoms with E-state index in [0.717, 1.165) is 41.4 Å². The molecule has 1 N–H and O–H groups in total. The van der Waals surface area contributed by atoms with Crippen LogP contribution in [0, 0.1) is 13.8 Å². The summed E-state index contributed by atoms with van der Waals surface area (Å²) in [6, 6.07) is 4.01. The van der Waals surface area contributed by atoms with Gasteiger partial charge in [0.15, 0.2) is 0 Å². The van der Waals surface area contributed by atoms with Gasteiger partial charge in [-0.05, 0) is 56.5 Å². The van der Waals surface area contributed by atoms with E-state index >= 15 is 0 Å². The zero-order chi connectivity index (χ0) is 11.5. The third-order valence-electron chi connectivity index (χ3n) is 3.00. The normalized spacial score (nSPS) is 20.8. The number of nitrogens with one attached hydrogen (secondary N) is 1. The van der Waals surface area contributed by atoms with Gasteiger partial charge < -0.3 is 10.1 Å². The molecule has 2 nitrogen and oxygen atoms in total. The molecule has 1 fully saturated rings. The Balaban J connectivity index is 2.11. The third kappa shape index (κ3) is 2.69. The highest BCUT2D eigenvalue weighted by Gasteiger charge is 2.15. The lowest BCUT2D eigenvalue weighted by molar-refractivity contribution is 0.166. The van der Waals surface area contributed by atoms with Crippen LogP contribution in [-0.2, 0) is 0 Å². The van der Waals surface area contributed by atoms with Gasteiger partial charge in [0.05, 0.1) is 0 Å². The molecule has 0 spiro atoms. The second-order valence-corrected chi connectivity index (χ2v) is 4.86. The first-order valence-corrected chi connectivity index (χ1v) is 6.19. The molecule has 0 bridgehead atoms. The van der Waals surface area contributed by atoms with Crippen molar-refractivity contribution in [2.45, 2.75) is 32.8 Å². The lowest BCUT2D eigenvalue weighted by Crippen LogP contribution is -2.37. The summed E-state index contributed by atoms with van der Waals surface area (Å²) in [5.41, 5.74) is 2.19. The minimum Gasteiger partial charge on any atom is -0.489 e. The molecule has 1 heterocycles. The Morgan fingerprint density at radius 3 is 2.81 bits per heavy atom. The van der Waals surface area contributed by atoms with E-state index in [-0.39, 0.29) is 0 Å². The zero-order valence-electron chi connectivity index (χ0n) is 9.85. The Kier molecular flexibility index (Phi) is 3.72. The van der Waals surface area contributed by atoms with E-state index in [9.17, 15) is 0 Å². The fourth-order valence-electron chi connectivity index (χ4n) is 1.98. The summed E-state index contributed by atoms with van der Waals surface area (Å²) in [6.45, 7) is 6.10. The minimum atomic E-state index is 0.299. The van der Waals surface area contributed by atoms with E-state index in [1.807, 2.05) is 26.0 Å². The van der Waals surface area contributed by atoms with Gasteiger partial charge in [-0.3, -0.25) is 0 Å². The van der Waals surface area contributed by atoms with E-state index in [4.69, 9.17) is 16.3 Å². The molecule has 1 aliphatic rings. The Morgan fingerprint density at radius 2 is 2.12 bits per heavy atom. The highest BCUT2D eigenvalue weighted by molar-refractivity contribution is 6.31. The Morgan fingerprint density at radius 1 is 1.31 bits per heavy atom. The van der Waals surface area contributed by atoms with Crippen LogP contribution in [0.25, 0.3) is 0 Å². The van der Waals surface area contributed by atoms with Crippen molar-refractivity contribution in [1.82, 2.24) is 5.32 Å². The van der Waals surface area contributed by atoms with Crippen LogP contribution in [0.5, 0.6) is 5.75 Å². The molecule has 0 amide bonds. The van der Waals surface area contributed by atoms with Crippen LogP contribution in [-0.4, -0.2) is 19.2 Å². The molecule has 16 heavy (non-hydrogen) atoms. The standard InChI is InChI=1S/C13H18ClNO/c1-9-7-13(10(2)6-12(9)14)16-11-4-3-5-15-8-11/h6-7,11,15H,3-5,8H2,1-2H3. The molecule has 0 saturated carbocycles. The van der Waals surface area contributed by atoms with Crippen molar-refractivity contribution in [3.8, 4) is 5.75 Å². The van der Waals surface area contributed by atoms with Crippen LogP contribution < -0.4 is 10.1 Å². The first-order chi connectivity index (χ1) is 7.66. The quantitative estimate of drug-likeness (QED) is 0.857. The van der Waals surface area contributed by atoms with Gasteiger partial charge in [0.25, 0.3) is 0 Å². The van der Waals surface area contributed by atoms with Crippen LogP contribution in [0.3, 0.4) is 0 Å². The van der Waals surface area contributed by atoms with Crippen molar-refractivity contribution in [1.29, 1.82) is 0 Å². The maximum atomic E-state index is 6.06. The van der Waals surface area contributed by atoms with Gasteiger partial charge in [-0.25, -0.2) is 0 Å². The first-order valence-electron chi connectivity index (χ1n) is 5.81. The molecule has 0 radical (unpaired) electrons. The molecule has 88 valence electrons. The van der Waals surface area contributed by atoms with Gasteiger partial charge in [0, 0.05) is 11.6 Å². The maximum absolute atomic E-state index is 6.06. The summed E-state index contributed by atoms with van der Waals surface area (Å²) in [5.74, 6) is 0.968. The highest BCUT2D eigenvalue weighted by Crippen LogP contribution is 2.27. The molecule has 2 rings (SSSR count). The molecule has 1 aliphatic heterocycles. The van der Waals surface area contributed by atoms with Gasteiger partial charge in [0.2, 0.25) is 0 Å². The topological polar surface area (TPSA) is 21.3 Å². The van der Waals surface area contributed by atoms with Crippen LogP contribution >= 0.6 is 11.6 Å². The van der Waals surface area contributed by atoms with Gasteiger partial charge in [-0.1, -0.05) is 11.6 Å². The van der Waals surface area contributed by atoms with E-state index < -0.39 is 0 Å². The molecule has 3 heteroatoms. The Bertz CT molecular complexity index is 372. The Labute approximate surface area is 102 Å². The number of ether oxygens (including phenoxy) is 1. The van der Waals surface area contributed by atoms with Gasteiger partial charge >= 0.3 is 0 Å². The predicted octanol–water partition coefficient (Wildman–Crippen LogP) is 3.09. The van der Waals surface area contributed by atoms with Crippen LogP contribution in [0.2, 0.25) is 5.02 Å². The second kappa shape index (κ2) is 5.07. The lowest BCUT2D eigenvalue weighted by Gasteiger charge is -2.25. The van der Waals surface area contributed by atoms with Crippen LogP contribution in [0.1, 0.15) is 24.0 Å². The third-order valence-corrected chi connectivity index (χ3v) is 3.41. The number of halogens is 1. The van der Waals surface area contributed by atoms with Crippen molar-refractivity contribution >= 4 is 11.6 Å². The van der Waals surface area contributed by atoms with Crippen molar-refractivity contribution < 1.29 is 4.74 Å². The van der Waals surface area contributed by atoms with E-state index in [1.165, 1.54) is 6.42 Å². The van der Waals surface area contributed by atoms with Crippen molar-refractivity contribution in [2.75, 3.05) is 13.1 Å². The summed E-state index contributed by atoms with van der Waals surface area (Å²) in [7, 11) is 0. The second-order valence-electron chi connectivity index (χ2n) is 4.45. The number of hydrogen-bond acceptors (Lipinski definition) is 2. The lowest BCUT2D eigenvalue weighted by atomic mass is 10.1. The fourth-order valence-corrected chi connectivity index (χ4v) is 2.20. The number of hydrogen-bond donors (Lipinski definition) is 1. The summed E-state index contributed by atoms with van der Waals surface area (Å²) in [5, 5.41) is 4.16. The maximum Gasteiger partial charge on any atom is 0.123 e. The molecular weight excluding hydrogens is 222 g/mol. The van der Waals surface area contributed by atoms with Crippen molar-refractivity contribution in [3.05, 3.63) is 28.3 Å². The SMILES string of the molecule is Cc1cc(OC2CCCNC2)c(C)cc1Cl. The number of benzene rings is 1. The molecular formula is C13H18ClNO. The zero-order valence-corrected chi connectivity index (χ0v) is 10.6. The van der Waals surface area contributed by atoms with E-state index in [1.54, 1.807) is 0 Å². The number of aryl methyl sites for hydroxylation is 2. The first kappa shape index (κ1) is 11.7. The van der Waals surface area contributed by atoms with E-state index in [0.29, 0.717) is 6.10 Å². The van der Waals surface area contributed by atoms with Gasteiger partial charge in [-0.2, -0.15) is 0 Å². The number of piperidine rings is 1. The molecule has 0 aromatic heterocycles. The minimum absolute atomic E-state index is 0.299. The van der Waals surface area contributed by atoms with Crippen molar-refractivity contribution in [3.63, 3.8) is 0 Å². The summed E-state index contributed by atoms with van der Waals surface area (Å²) in [6.07, 6.45) is 2.62. The summed E-state index contributed by atoms with van der Waals surface area (Å²) < 4.78 is 6.00. The number of rotatable bonds is 2. The largest absolute Gasteiger partial charge is 0.489 e.